The zero-order chi connectivity index (χ0) is 38.5. The van der Waals surface area contributed by atoms with E-state index >= 15 is 0 Å². The van der Waals surface area contributed by atoms with Crippen LogP contribution in [-0.2, 0) is 38.0 Å². The Balaban J connectivity index is 1.11. The van der Waals surface area contributed by atoms with Crippen LogP contribution < -0.4 is 10.9 Å². The molecule has 2 aliphatic rings. The quantitative estimate of drug-likeness (QED) is 0.179. The monoisotopic (exact) mass is 746 g/mol. The number of imidazole rings is 2. The molecule has 4 amide bonds. The van der Waals surface area contributed by atoms with Crippen molar-refractivity contribution in [1.82, 2.24) is 40.8 Å². The van der Waals surface area contributed by atoms with Crippen LogP contribution in [-0.4, -0.2) is 106 Å². The lowest BCUT2D eigenvalue weighted by Gasteiger charge is -2.29. The van der Waals surface area contributed by atoms with Gasteiger partial charge < -0.3 is 38.4 Å². The Morgan fingerprint density at radius 2 is 0.981 bits per heavy atom. The number of benzene rings is 2. The van der Waals surface area contributed by atoms with Crippen LogP contribution in [0, 0.1) is 0 Å². The van der Waals surface area contributed by atoms with Crippen LogP contribution in [0.25, 0.3) is 33.6 Å². The average Bonchev–Trinajstić information content (AvgIpc) is 4.02. The number of carbonyl (C=O) groups is 4. The Labute approximate surface area is 310 Å². The second-order valence-corrected chi connectivity index (χ2v) is 12.9. The second kappa shape index (κ2) is 16.5. The number of hydrogen-bond acceptors (Lipinski definition) is 12. The van der Waals surface area contributed by atoms with Crippen molar-refractivity contribution in [2.24, 2.45) is 0 Å². The summed E-state index contributed by atoms with van der Waals surface area (Å²) in [6, 6.07) is 15.0. The van der Waals surface area contributed by atoms with Gasteiger partial charge in [-0.05, 0) is 49.9 Å². The molecule has 2 aliphatic heterocycles. The molecule has 18 heteroatoms. The largest absolute Gasteiger partial charge is 0.452 e. The Hall–Kier alpha value is -5.82. The van der Waals surface area contributed by atoms with Crippen LogP contribution in [0.3, 0.4) is 0 Å². The number of carbonyl (C=O) groups excluding carboxylic acids is 4. The first-order valence-electron chi connectivity index (χ1n) is 17.1. The number of methoxy groups -OCH3 is 2. The van der Waals surface area contributed by atoms with Crippen molar-refractivity contribution in [1.29, 1.82) is 0 Å². The van der Waals surface area contributed by atoms with E-state index in [1.807, 2.05) is 48.5 Å². The Morgan fingerprint density at radius 1 is 0.630 bits per heavy atom. The fourth-order valence-electron chi connectivity index (χ4n) is 5.95. The Bertz CT molecular complexity index is 1800. The molecule has 2 saturated heterocycles. The molecule has 4 heterocycles. The van der Waals surface area contributed by atoms with Crippen LogP contribution in [0.1, 0.15) is 51.6 Å². The minimum absolute atomic E-state index is 0.114. The molecule has 4 aromatic rings. The predicted octanol–water partition coefficient (Wildman–Crippen LogP) is 3.98. The molecular formula is C36H42N8O10. The predicted molar refractivity (Wildman–Crippen MR) is 189 cm³/mol. The molecule has 286 valence electrons. The van der Waals surface area contributed by atoms with Gasteiger partial charge in [0.2, 0.25) is 0 Å². The summed E-state index contributed by atoms with van der Waals surface area (Å²) in [5.41, 5.74) is 9.97. The summed E-state index contributed by atoms with van der Waals surface area (Å²) in [7, 11) is 2.43. The molecule has 2 fully saturated rings. The van der Waals surface area contributed by atoms with Crippen LogP contribution >= 0.6 is 0 Å². The number of hydrogen-bond donors (Lipinski definition) is 4. The van der Waals surface area contributed by atoms with E-state index in [9.17, 15) is 19.2 Å². The summed E-state index contributed by atoms with van der Waals surface area (Å²) in [5.74, 6) is -0.179. The lowest BCUT2D eigenvalue weighted by Crippen LogP contribution is -2.54. The maximum Gasteiger partial charge on any atom is 0.425 e. The second-order valence-electron chi connectivity index (χ2n) is 12.9. The van der Waals surface area contributed by atoms with Crippen LogP contribution in [0.15, 0.2) is 60.9 Å². The molecule has 2 aromatic heterocycles. The van der Waals surface area contributed by atoms with E-state index in [2.05, 4.69) is 40.3 Å². The summed E-state index contributed by atoms with van der Waals surface area (Å²) in [6.07, 6.45) is -1.93. The maximum atomic E-state index is 13.3. The van der Waals surface area contributed by atoms with Gasteiger partial charge in [0, 0.05) is 12.1 Å². The fourth-order valence-corrected chi connectivity index (χ4v) is 5.95. The van der Waals surface area contributed by atoms with Crippen molar-refractivity contribution in [3.05, 3.63) is 72.6 Å². The third-order valence-corrected chi connectivity index (χ3v) is 8.78. The van der Waals surface area contributed by atoms with Gasteiger partial charge in [-0.25, -0.2) is 40.4 Å². The number of nitrogens with zero attached hydrogens (tertiary/aromatic N) is 4. The zero-order valence-electron chi connectivity index (χ0n) is 30.5. The van der Waals surface area contributed by atoms with E-state index in [-0.39, 0.29) is 25.7 Å². The standard InChI is InChI=1S/C36H42N8O10/c1-19(2)43(41-35(47)49-5)33(45)29-27(51-17-53-29)31-37-15-25(39-31)23-11-7-21(8-12-23)22-9-13-24(14-10-22)26-16-38-32(40-26)28-30(54-18-52-28)34(46)44(20(3)4)42-36(48)50-6/h7-16,19-20,27-30H,17-18H2,1-6H3,(H,37,39)(H,38,40)(H,41,47)(H,42,48)/t27-,28-,29-,30-/m0/s1. The van der Waals surface area contributed by atoms with Crippen molar-refractivity contribution in [3.8, 4) is 33.6 Å². The molecule has 0 radical (unpaired) electrons. The van der Waals surface area contributed by atoms with Gasteiger partial charge in [-0.1, -0.05) is 48.5 Å². The van der Waals surface area contributed by atoms with Crippen LogP contribution in [0.5, 0.6) is 0 Å². The van der Waals surface area contributed by atoms with E-state index in [4.69, 9.17) is 18.9 Å². The van der Waals surface area contributed by atoms with Crippen molar-refractivity contribution >= 4 is 24.0 Å². The van der Waals surface area contributed by atoms with E-state index in [1.54, 1.807) is 40.1 Å². The molecule has 0 spiro atoms. The number of H-pyrrole nitrogens is 2. The number of ether oxygens (including phenoxy) is 6. The third-order valence-electron chi connectivity index (χ3n) is 8.78. The average molecular weight is 747 g/mol. The molecule has 18 nitrogen and oxygen atoms in total. The highest BCUT2D eigenvalue weighted by atomic mass is 16.7. The fraction of sp³-hybridized carbons (Fsp3) is 0.389. The summed E-state index contributed by atoms with van der Waals surface area (Å²) in [6.45, 7) is 6.76. The first-order valence-corrected chi connectivity index (χ1v) is 17.1. The molecule has 6 rings (SSSR count). The van der Waals surface area contributed by atoms with Crippen LogP contribution in [0.2, 0.25) is 0 Å². The summed E-state index contributed by atoms with van der Waals surface area (Å²) in [5, 5.41) is 2.30. The molecule has 0 unspecified atom stereocenters. The lowest BCUT2D eigenvalue weighted by molar-refractivity contribution is -0.147. The maximum absolute atomic E-state index is 13.3. The highest BCUT2D eigenvalue weighted by Gasteiger charge is 2.43. The van der Waals surface area contributed by atoms with Crippen molar-refractivity contribution in [3.63, 3.8) is 0 Å². The third kappa shape index (κ3) is 8.05. The number of aromatic amines is 2. The van der Waals surface area contributed by atoms with Gasteiger partial charge in [0.1, 0.15) is 25.2 Å². The Morgan fingerprint density at radius 3 is 1.31 bits per heavy atom. The Kier molecular flexibility index (Phi) is 11.6. The van der Waals surface area contributed by atoms with Gasteiger partial charge in [-0.3, -0.25) is 9.59 Å². The number of amides is 4. The summed E-state index contributed by atoms with van der Waals surface area (Å²) < 4.78 is 31.9. The van der Waals surface area contributed by atoms with Gasteiger partial charge in [0.15, 0.2) is 24.4 Å². The first kappa shape index (κ1) is 37.9. The van der Waals surface area contributed by atoms with Crippen molar-refractivity contribution < 1.29 is 47.6 Å². The highest BCUT2D eigenvalue weighted by molar-refractivity contribution is 5.85. The molecule has 0 bridgehead atoms. The zero-order valence-corrected chi connectivity index (χ0v) is 30.5. The minimum atomic E-state index is -1.04. The molecule has 0 saturated carbocycles. The molecular weight excluding hydrogens is 704 g/mol. The van der Waals surface area contributed by atoms with Gasteiger partial charge in [-0.15, -0.1) is 0 Å². The molecule has 2 aromatic carbocycles. The highest BCUT2D eigenvalue weighted by Crippen LogP contribution is 2.33. The SMILES string of the molecule is COC(=O)NN(C(=O)[C@H]1OCO[C@@H]1c1ncc(-c2ccc(-c3ccc(-c4cnc([C@H]5OCO[C@@H]5C(=O)N(NC(=O)OC)C(C)C)[nH]4)cc3)cc2)[nH]1)C(C)C. The van der Waals surface area contributed by atoms with E-state index < -0.39 is 48.4 Å². The van der Waals surface area contributed by atoms with Gasteiger partial charge in [0.05, 0.1) is 38.0 Å². The van der Waals surface area contributed by atoms with E-state index in [0.29, 0.717) is 23.0 Å². The van der Waals surface area contributed by atoms with Gasteiger partial charge >= 0.3 is 12.2 Å². The normalized spacial score (nSPS) is 19.5. The number of rotatable bonds is 9. The smallest absolute Gasteiger partial charge is 0.425 e. The number of aromatic nitrogens is 4. The van der Waals surface area contributed by atoms with Crippen molar-refractivity contribution in [2.75, 3.05) is 27.8 Å². The van der Waals surface area contributed by atoms with E-state index in [1.165, 1.54) is 14.2 Å². The molecule has 4 N–H and O–H groups in total. The number of hydrazine groups is 2. The van der Waals surface area contributed by atoms with E-state index in [0.717, 1.165) is 32.3 Å². The summed E-state index contributed by atoms with van der Waals surface area (Å²) >= 11 is 0. The molecule has 4 atom stereocenters. The molecule has 0 aliphatic carbocycles. The van der Waals surface area contributed by atoms with Gasteiger partial charge in [-0.2, -0.15) is 0 Å². The molecule has 54 heavy (non-hydrogen) atoms. The summed E-state index contributed by atoms with van der Waals surface area (Å²) in [4.78, 5) is 65.7. The first-order chi connectivity index (χ1) is 26.0. The van der Waals surface area contributed by atoms with Crippen LogP contribution in [0.4, 0.5) is 9.59 Å². The van der Waals surface area contributed by atoms with Gasteiger partial charge in [0.25, 0.3) is 11.8 Å². The van der Waals surface area contributed by atoms with Crippen molar-refractivity contribution in [2.45, 2.75) is 64.2 Å². The number of nitrogens with one attached hydrogen (secondary N) is 4. The topological polar surface area (TPSA) is 212 Å². The minimum Gasteiger partial charge on any atom is -0.452 e. The lowest BCUT2D eigenvalue weighted by atomic mass is 10.0.